The largest absolute Gasteiger partial charge is 0.460 e. The number of hydrogen-bond acceptors (Lipinski definition) is 3. The zero-order chi connectivity index (χ0) is 12.3. The summed E-state index contributed by atoms with van der Waals surface area (Å²) in [5.74, 6) is -0.214. The molecule has 3 nitrogen and oxygen atoms in total. The lowest BCUT2D eigenvalue weighted by Crippen LogP contribution is -2.34. The summed E-state index contributed by atoms with van der Waals surface area (Å²) in [4.78, 5) is 24.6. The fourth-order valence-corrected chi connectivity index (χ4v) is 4.06. The smallest absolute Gasteiger partial charge is 0.324 e. The average molecular weight is 234 g/mol. The van der Waals surface area contributed by atoms with Crippen LogP contribution in [0.2, 0.25) is 0 Å². The number of fused-ring (bicyclic) bond motifs is 1. The number of ketones is 1. The molecule has 3 atom stereocenters. The Labute approximate surface area is 101 Å². The van der Waals surface area contributed by atoms with Crippen molar-refractivity contribution < 1.29 is 14.3 Å². The SMILES string of the molecule is C=C1COC(=O)[C@]12C[C@@]1(C)CCCC[C@H]1C2=O. The van der Waals surface area contributed by atoms with Crippen LogP contribution in [0, 0.1) is 16.7 Å². The number of rotatable bonds is 0. The first-order valence-corrected chi connectivity index (χ1v) is 6.40. The van der Waals surface area contributed by atoms with Gasteiger partial charge in [0.2, 0.25) is 0 Å². The quantitative estimate of drug-likeness (QED) is 0.367. The molecule has 0 unspecified atom stereocenters. The average Bonchev–Trinajstić information content (AvgIpc) is 2.70. The van der Waals surface area contributed by atoms with Gasteiger partial charge in [0.1, 0.15) is 6.61 Å². The van der Waals surface area contributed by atoms with Crippen molar-refractivity contribution in [1.29, 1.82) is 0 Å². The zero-order valence-corrected chi connectivity index (χ0v) is 10.3. The molecule has 3 fully saturated rings. The minimum Gasteiger partial charge on any atom is -0.460 e. The molecule has 0 amide bonds. The van der Waals surface area contributed by atoms with Crippen LogP contribution in [0.15, 0.2) is 12.2 Å². The molecule has 3 heteroatoms. The second kappa shape index (κ2) is 3.21. The Kier molecular flexibility index (Phi) is 2.08. The molecule has 2 saturated carbocycles. The lowest BCUT2D eigenvalue weighted by molar-refractivity contribution is -0.149. The highest BCUT2D eigenvalue weighted by atomic mass is 16.5. The molecule has 0 radical (unpaired) electrons. The summed E-state index contributed by atoms with van der Waals surface area (Å²) in [6.45, 7) is 6.30. The topological polar surface area (TPSA) is 43.4 Å². The van der Waals surface area contributed by atoms with E-state index in [-0.39, 0.29) is 29.7 Å². The van der Waals surface area contributed by atoms with E-state index in [9.17, 15) is 9.59 Å². The van der Waals surface area contributed by atoms with E-state index in [0.717, 1.165) is 25.7 Å². The summed E-state index contributed by atoms with van der Waals surface area (Å²) in [7, 11) is 0. The molecule has 0 bridgehead atoms. The third kappa shape index (κ3) is 1.17. The maximum absolute atomic E-state index is 12.6. The van der Waals surface area contributed by atoms with Gasteiger partial charge in [0.05, 0.1) is 0 Å². The van der Waals surface area contributed by atoms with Crippen LogP contribution in [0.4, 0.5) is 0 Å². The number of carbonyl (C=O) groups excluding carboxylic acids is 2. The van der Waals surface area contributed by atoms with Crippen LogP contribution in [0.1, 0.15) is 39.0 Å². The monoisotopic (exact) mass is 234 g/mol. The number of ether oxygens (including phenoxy) is 1. The van der Waals surface area contributed by atoms with Crippen LogP contribution in [-0.2, 0) is 14.3 Å². The summed E-state index contributed by atoms with van der Waals surface area (Å²) < 4.78 is 5.07. The Hall–Kier alpha value is -1.12. The molecular formula is C14H18O3. The number of hydrogen-bond donors (Lipinski definition) is 0. The maximum Gasteiger partial charge on any atom is 0.324 e. The molecule has 3 rings (SSSR count). The lowest BCUT2D eigenvalue weighted by atomic mass is 9.69. The van der Waals surface area contributed by atoms with Gasteiger partial charge in [0.25, 0.3) is 0 Å². The van der Waals surface area contributed by atoms with Crippen molar-refractivity contribution in [3.05, 3.63) is 12.2 Å². The fraction of sp³-hybridized carbons (Fsp3) is 0.714. The summed E-state index contributed by atoms with van der Waals surface area (Å²) in [5.41, 5.74) is -0.311. The molecule has 1 spiro atoms. The van der Waals surface area contributed by atoms with Crippen LogP contribution >= 0.6 is 0 Å². The van der Waals surface area contributed by atoms with E-state index in [1.54, 1.807) is 0 Å². The van der Waals surface area contributed by atoms with Crippen molar-refractivity contribution in [2.75, 3.05) is 6.61 Å². The highest BCUT2D eigenvalue weighted by Gasteiger charge is 2.66. The van der Waals surface area contributed by atoms with Crippen LogP contribution in [0.3, 0.4) is 0 Å². The number of esters is 1. The second-order valence-electron chi connectivity index (χ2n) is 6.08. The second-order valence-corrected chi connectivity index (χ2v) is 6.08. The van der Waals surface area contributed by atoms with Gasteiger partial charge in [-0.05, 0) is 30.3 Å². The van der Waals surface area contributed by atoms with Gasteiger partial charge in [-0.2, -0.15) is 0 Å². The minimum absolute atomic E-state index is 0.0123. The molecule has 2 aliphatic carbocycles. The zero-order valence-electron chi connectivity index (χ0n) is 10.3. The molecule has 1 heterocycles. The van der Waals surface area contributed by atoms with Crippen LogP contribution in [0.25, 0.3) is 0 Å². The van der Waals surface area contributed by atoms with E-state index in [4.69, 9.17) is 4.74 Å². The molecule has 0 N–H and O–H groups in total. The summed E-state index contributed by atoms with van der Waals surface area (Å²) >= 11 is 0. The predicted molar refractivity (Wildman–Crippen MR) is 62.2 cm³/mol. The third-order valence-electron chi connectivity index (χ3n) is 5.07. The van der Waals surface area contributed by atoms with Crippen LogP contribution in [0.5, 0.6) is 0 Å². The summed E-state index contributed by atoms with van der Waals surface area (Å²) in [5, 5.41) is 0. The van der Waals surface area contributed by atoms with Gasteiger partial charge in [-0.3, -0.25) is 9.59 Å². The highest BCUT2D eigenvalue weighted by molar-refractivity contribution is 6.11. The Balaban J connectivity index is 2.07. The van der Waals surface area contributed by atoms with Crippen LogP contribution < -0.4 is 0 Å². The number of Topliss-reactive ketones (excluding diaryl/α,β-unsaturated/α-hetero) is 1. The first-order valence-electron chi connectivity index (χ1n) is 6.40. The van der Waals surface area contributed by atoms with E-state index >= 15 is 0 Å². The van der Waals surface area contributed by atoms with Gasteiger partial charge < -0.3 is 4.74 Å². The first kappa shape index (κ1) is 11.0. The molecule has 0 aromatic rings. The maximum atomic E-state index is 12.6. The van der Waals surface area contributed by atoms with E-state index in [1.165, 1.54) is 0 Å². The van der Waals surface area contributed by atoms with Gasteiger partial charge in [-0.25, -0.2) is 0 Å². The van der Waals surface area contributed by atoms with Gasteiger partial charge in [-0.15, -0.1) is 0 Å². The summed E-state index contributed by atoms with van der Waals surface area (Å²) in [6.07, 6.45) is 4.87. The van der Waals surface area contributed by atoms with Crippen LogP contribution in [-0.4, -0.2) is 18.4 Å². The normalized spacial score (nSPS) is 45.2. The molecule has 1 aliphatic heterocycles. The predicted octanol–water partition coefficient (Wildman–Crippen LogP) is 2.26. The first-order chi connectivity index (χ1) is 8.01. The van der Waals surface area contributed by atoms with Crippen molar-refractivity contribution in [3.63, 3.8) is 0 Å². The third-order valence-corrected chi connectivity index (χ3v) is 5.07. The molecule has 0 aromatic heterocycles. The van der Waals surface area contributed by atoms with Gasteiger partial charge in [-0.1, -0.05) is 26.3 Å². The summed E-state index contributed by atoms with van der Waals surface area (Å²) in [6, 6.07) is 0. The Morgan fingerprint density at radius 1 is 1.35 bits per heavy atom. The highest BCUT2D eigenvalue weighted by Crippen LogP contribution is 2.60. The molecule has 0 aromatic carbocycles. The van der Waals surface area contributed by atoms with E-state index < -0.39 is 5.41 Å². The van der Waals surface area contributed by atoms with Gasteiger partial charge in [0, 0.05) is 5.92 Å². The molecule has 3 aliphatic rings. The van der Waals surface area contributed by atoms with E-state index in [0.29, 0.717) is 12.0 Å². The fourth-order valence-electron chi connectivity index (χ4n) is 4.06. The lowest BCUT2D eigenvalue weighted by Gasteiger charge is -2.34. The molecular weight excluding hydrogens is 216 g/mol. The molecule has 17 heavy (non-hydrogen) atoms. The number of cyclic esters (lactones) is 1. The van der Waals surface area contributed by atoms with Crippen molar-refractivity contribution >= 4 is 11.8 Å². The Morgan fingerprint density at radius 3 is 2.71 bits per heavy atom. The molecule has 1 saturated heterocycles. The minimum atomic E-state index is -0.982. The van der Waals surface area contributed by atoms with Crippen molar-refractivity contribution in [2.24, 2.45) is 16.7 Å². The van der Waals surface area contributed by atoms with Crippen molar-refractivity contribution in [1.82, 2.24) is 0 Å². The Bertz CT molecular complexity index is 407. The molecule has 92 valence electrons. The number of carbonyl (C=O) groups is 2. The van der Waals surface area contributed by atoms with E-state index in [2.05, 4.69) is 13.5 Å². The standard InChI is InChI=1S/C14H18O3/c1-9-7-17-12(16)14(9)8-13(2)6-4-3-5-10(13)11(14)15/h10H,1,3-8H2,2H3/t10-,13+,14+/m0/s1. The van der Waals surface area contributed by atoms with Gasteiger partial charge >= 0.3 is 5.97 Å². The van der Waals surface area contributed by atoms with Gasteiger partial charge in [0.15, 0.2) is 11.2 Å². The Morgan fingerprint density at radius 2 is 2.12 bits per heavy atom. The van der Waals surface area contributed by atoms with E-state index in [1.807, 2.05) is 0 Å². The van der Waals surface area contributed by atoms with Crippen molar-refractivity contribution in [3.8, 4) is 0 Å². The van der Waals surface area contributed by atoms with Crippen molar-refractivity contribution in [2.45, 2.75) is 39.0 Å².